The zero-order valence-corrected chi connectivity index (χ0v) is 13.6. The zero-order chi connectivity index (χ0) is 16.8. The van der Waals surface area contributed by atoms with Gasteiger partial charge in [0.05, 0.1) is 12.2 Å². The van der Waals surface area contributed by atoms with E-state index in [0.29, 0.717) is 5.69 Å². The van der Waals surface area contributed by atoms with Gasteiger partial charge in [-0.25, -0.2) is 14.2 Å². The maximum atomic E-state index is 13.7. The minimum atomic E-state index is -0.586. The Kier molecular flexibility index (Phi) is 5.64. The number of carbonyl (C=O) groups excluding carboxylic acids is 2. The second-order valence-electron chi connectivity index (χ2n) is 4.76. The van der Waals surface area contributed by atoms with Gasteiger partial charge in [-0.2, -0.15) is 0 Å². The molecule has 0 aliphatic rings. The molecular weight excluding hydrogens is 319 g/mol. The third-order valence-electron chi connectivity index (χ3n) is 2.89. The van der Waals surface area contributed by atoms with Gasteiger partial charge in [0.15, 0.2) is 0 Å². The molecule has 1 aromatic carbocycles. The molecule has 0 fully saturated rings. The first-order valence-corrected chi connectivity index (χ1v) is 7.85. The van der Waals surface area contributed by atoms with E-state index in [4.69, 9.17) is 0 Å². The van der Waals surface area contributed by atoms with E-state index in [9.17, 15) is 14.0 Å². The molecule has 1 aromatic heterocycles. The summed E-state index contributed by atoms with van der Waals surface area (Å²) in [7, 11) is 0. The van der Waals surface area contributed by atoms with Crippen molar-refractivity contribution in [1.29, 1.82) is 0 Å². The van der Waals surface area contributed by atoms with Crippen molar-refractivity contribution >= 4 is 34.6 Å². The Morgan fingerprint density at radius 3 is 2.74 bits per heavy atom. The number of rotatable bonds is 5. The smallest absolute Gasteiger partial charge is 0.319 e. The lowest BCUT2D eigenvalue weighted by Gasteiger charge is -2.09. The summed E-state index contributed by atoms with van der Waals surface area (Å²) in [5.41, 5.74) is 0.392. The monoisotopic (exact) mass is 336 g/mol. The molecule has 0 radical (unpaired) electrons. The van der Waals surface area contributed by atoms with Crippen molar-refractivity contribution < 1.29 is 14.0 Å². The van der Waals surface area contributed by atoms with Crippen LogP contribution in [-0.4, -0.2) is 16.9 Å². The van der Waals surface area contributed by atoms with E-state index >= 15 is 0 Å². The summed E-state index contributed by atoms with van der Waals surface area (Å²) in [4.78, 5) is 28.2. The van der Waals surface area contributed by atoms with Crippen molar-refractivity contribution in [3.8, 4) is 0 Å². The van der Waals surface area contributed by atoms with Crippen LogP contribution in [0.2, 0.25) is 0 Å². The number of thiazole rings is 1. The van der Waals surface area contributed by atoms with E-state index in [1.165, 1.54) is 36.5 Å². The number of aryl methyl sites for hydroxylation is 1. The highest BCUT2D eigenvalue weighted by molar-refractivity contribution is 7.11. The Morgan fingerprint density at radius 1 is 1.30 bits per heavy atom. The molecule has 3 N–H and O–H groups in total. The lowest BCUT2D eigenvalue weighted by Crippen LogP contribution is -2.28. The van der Waals surface area contributed by atoms with Crippen LogP contribution < -0.4 is 16.0 Å². The van der Waals surface area contributed by atoms with Crippen LogP contribution in [0.4, 0.5) is 20.6 Å². The number of carbonyl (C=O) groups is 2. The molecule has 0 saturated heterocycles. The Hall–Kier alpha value is -2.48. The van der Waals surface area contributed by atoms with E-state index < -0.39 is 11.8 Å². The van der Waals surface area contributed by atoms with Crippen LogP contribution in [0.25, 0.3) is 0 Å². The molecule has 3 amide bonds. The van der Waals surface area contributed by atoms with Crippen LogP contribution in [-0.2, 0) is 17.8 Å². The number of hydrogen-bond donors (Lipinski definition) is 3. The number of urea groups is 1. The van der Waals surface area contributed by atoms with Crippen LogP contribution in [0.15, 0.2) is 24.4 Å². The van der Waals surface area contributed by atoms with Crippen LogP contribution >= 0.6 is 11.3 Å². The normalized spacial score (nSPS) is 10.2. The van der Waals surface area contributed by atoms with Gasteiger partial charge in [0.25, 0.3) is 0 Å². The van der Waals surface area contributed by atoms with Crippen molar-refractivity contribution in [2.45, 2.75) is 26.8 Å². The number of halogens is 1. The van der Waals surface area contributed by atoms with Crippen molar-refractivity contribution in [1.82, 2.24) is 10.3 Å². The number of amides is 3. The molecule has 0 saturated carbocycles. The number of nitrogens with one attached hydrogen (secondary N) is 3. The molecule has 2 rings (SSSR count). The molecule has 8 heteroatoms. The fourth-order valence-electron chi connectivity index (χ4n) is 1.82. The van der Waals surface area contributed by atoms with Crippen LogP contribution in [0.3, 0.4) is 0 Å². The molecule has 122 valence electrons. The predicted octanol–water partition coefficient (Wildman–Crippen LogP) is 3.12. The van der Waals surface area contributed by atoms with Gasteiger partial charge in [0, 0.05) is 23.7 Å². The Balaban J connectivity index is 1.95. The van der Waals surface area contributed by atoms with Gasteiger partial charge in [0.2, 0.25) is 5.91 Å². The standard InChI is InChI=1S/C15H17FN4O2S/c1-3-11-7-17-14(23-11)8-18-15(22)20-13-6-10(19-9(2)21)4-5-12(13)16/h4-7H,3,8H2,1-2H3,(H,19,21)(H2,18,20,22). The molecule has 0 unspecified atom stereocenters. The third kappa shape index (κ3) is 5.03. The number of hydrogen-bond acceptors (Lipinski definition) is 4. The summed E-state index contributed by atoms with van der Waals surface area (Å²) >= 11 is 1.52. The average Bonchev–Trinajstić information content (AvgIpc) is 2.96. The minimum absolute atomic E-state index is 0.0119. The summed E-state index contributed by atoms with van der Waals surface area (Å²) in [6.07, 6.45) is 2.67. The summed E-state index contributed by atoms with van der Waals surface area (Å²) in [5, 5.41) is 8.34. The Labute approximate surface area is 137 Å². The van der Waals surface area contributed by atoms with Crippen molar-refractivity contribution in [3.63, 3.8) is 0 Å². The second kappa shape index (κ2) is 7.68. The molecule has 0 aliphatic heterocycles. The van der Waals surface area contributed by atoms with Crippen LogP contribution in [0.1, 0.15) is 23.7 Å². The number of anilines is 2. The first-order valence-electron chi connectivity index (χ1n) is 7.03. The van der Waals surface area contributed by atoms with Gasteiger partial charge in [-0.05, 0) is 24.6 Å². The van der Waals surface area contributed by atoms with Crippen molar-refractivity contribution in [3.05, 3.63) is 40.1 Å². The number of aromatic nitrogens is 1. The molecule has 0 atom stereocenters. The maximum Gasteiger partial charge on any atom is 0.319 e. The van der Waals surface area contributed by atoms with Gasteiger partial charge >= 0.3 is 6.03 Å². The predicted molar refractivity (Wildman–Crippen MR) is 88.1 cm³/mol. The first-order chi connectivity index (χ1) is 11.0. The molecule has 6 nitrogen and oxygen atoms in total. The minimum Gasteiger partial charge on any atom is -0.331 e. The number of benzene rings is 1. The van der Waals surface area contributed by atoms with Gasteiger partial charge in [-0.1, -0.05) is 6.92 Å². The summed E-state index contributed by atoms with van der Waals surface area (Å²) < 4.78 is 13.7. The molecular formula is C15H17FN4O2S. The van der Waals surface area contributed by atoms with Crippen LogP contribution in [0, 0.1) is 5.82 Å². The second-order valence-corrected chi connectivity index (χ2v) is 5.96. The van der Waals surface area contributed by atoms with E-state index in [1.54, 1.807) is 6.20 Å². The quantitative estimate of drug-likeness (QED) is 0.784. The highest BCUT2D eigenvalue weighted by atomic mass is 32.1. The lowest BCUT2D eigenvalue weighted by molar-refractivity contribution is -0.114. The lowest BCUT2D eigenvalue weighted by atomic mass is 10.2. The molecule has 23 heavy (non-hydrogen) atoms. The topological polar surface area (TPSA) is 83.1 Å². The molecule has 1 heterocycles. The maximum absolute atomic E-state index is 13.7. The van der Waals surface area contributed by atoms with E-state index in [0.717, 1.165) is 16.3 Å². The Morgan fingerprint density at radius 2 is 2.09 bits per heavy atom. The zero-order valence-electron chi connectivity index (χ0n) is 12.8. The number of nitrogens with zero attached hydrogens (tertiary/aromatic N) is 1. The fraction of sp³-hybridized carbons (Fsp3) is 0.267. The van der Waals surface area contributed by atoms with Gasteiger partial charge in [-0.15, -0.1) is 11.3 Å². The summed E-state index contributed by atoms with van der Waals surface area (Å²) in [6, 6.07) is 3.41. The largest absolute Gasteiger partial charge is 0.331 e. The highest BCUT2D eigenvalue weighted by Crippen LogP contribution is 2.19. The molecule has 2 aromatic rings. The van der Waals surface area contributed by atoms with E-state index in [1.807, 2.05) is 6.92 Å². The van der Waals surface area contributed by atoms with Gasteiger partial charge in [0.1, 0.15) is 10.8 Å². The fourth-order valence-corrected chi connectivity index (χ4v) is 2.62. The summed E-state index contributed by atoms with van der Waals surface area (Å²) in [5.74, 6) is -0.862. The van der Waals surface area contributed by atoms with Crippen molar-refractivity contribution in [2.24, 2.45) is 0 Å². The molecule has 0 aliphatic carbocycles. The van der Waals surface area contributed by atoms with Gasteiger partial charge in [-0.3, -0.25) is 4.79 Å². The SMILES string of the molecule is CCc1cnc(CNC(=O)Nc2cc(NC(C)=O)ccc2F)s1. The summed E-state index contributed by atoms with van der Waals surface area (Å²) in [6.45, 7) is 3.65. The van der Waals surface area contributed by atoms with Crippen molar-refractivity contribution in [2.75, 3.05) is 10.6 Å². The van der Waals surface area contributed by atoms with Crippen LogP contribution in [0.5, 0.6) is 0 Å². The molecule has 0 spiro atoms. The van der Waals surface area contributed by atoms with E-state index in [-0.39, 0.29) is 18.1 Å². The Bertz CT molecular complexity index is 717. The first kappa shape index (κ1) is 16.9. The van der Waals surface area contributed by atoms with Gasteiger partial charge < -0.3 is 16.0 Å². The highest BCUT2D eigenvalue weighted by Gasteiger charge is 2.09. The molecule has 0 bridgehead atoms. The third-order valence-corrected chi connectivity index (χ3v) is 4.03. The average molecular weight is 336 g/mol. The van der Waals surface area contributed by atoms with E-state index in [2.05, 4.69) is 20.9 Å².